The molecule has 3 amide bonds. The Bertz CT molecular complexity index is 722. The number of imide groups is 1. The van der Waals surface area contributed by atoms with Crippen LogP contribution in [-0.2, 0) is 10.5 Å². The number of urea groups is 1. The van der Waals surface area contributed by atoms with Gasteiger partial charge in [-0.2, -0.15) is 11.8 Å². The Morgan fingerprint density at radius 1 is 1.04 bits per heavy atom. The van der Waals surface area contributed by atoms with Crippen molar-refractivity contribution in [2.45, 2.75) is 31.2 Å². The lowest BCUT2D eigenvalue weighted by Crippen LogP contribution is -2.46. The molecular formula is C20H25N3O2S. The highest BCUT2D eigenvalue weighted by Gasteiger charge is 2.41. The molecule has 1 saturated heterocycles. The van der Waals surface area contributed by atoms with Crippen LogP contribution in [0.4, 0.5) is 4.79 Å². The fourth-order valence-electron chi connectivity index (χ4n) is 2.39. The molecule has 0 bridgehead atoms. The third kappa shape index (κ3) is 5.89. The van der Waals surface area contributed by atoms with E-state index >= 15 is 0 Å². The second-order valence-corrected chi connectivity index (χ2v) is 7.40. The summed E-state index contributed by atoms with van der Waals surface area (Å²) in [5, 5.41) is 4.90. The first-order chi connectivity index (χ1) is 12.4. The van der Waals surface area contributed by atoms with Crippen LogP contribution in [0.2, 0.25) is 0 Å². The van der Waals surface area contributed by atoms with Crippen molar-refractivity contribution in [1.82, 2.24) is 10.6 Å². The van der Waals surface area contributed by atoms with Crippen LogP contribution < -0.4 is 16.4 Å². The van der Waals surface area contributed by atoms with E-state index in [-0.39, 0.29) is 11.9 Å². The Morgan fingerprint density at radius 2 is 1.62 bits per heavy atom. The van der Waals surface area contributed by atoms with Gasteiger partial charge in [-0.15, -0.1) is 0 Å². The fourth-order valence-corrected chi connectivity index (χ4v) is 3.53. The third-order valence-electron chi connectivity index (χ3n) is 3.95. The van der Waals surface area contributed by atoms with Crippen molar-refractivity contribution >= 4 is 23.7 Å². The standard InChI is InChI=1S/C12H14N2O2S.C8H11N/c1-12(10(15)13-11(16)14-12)8-17-7-9-5-3-2-4-6-9;1-7(9)8-5-3-2-4-6-8/h2-6H,7-8H2,1H3,(H2,13,14,15,16);2-7H,9H2,1H3/t12-;7-/m10/s1. The first kappa shape index (κ1) is 20.0. The summed E-state index contributed by atoms with van der Waals surface area (Å²) in [6.45, 7) is 3.72. The van der Waals surface area contributed by atoms with Gasteiger partial charge in [-0.25, -0.2) is 4.79 Å². The summed E-state index contributed by atoms with van der Waals surface area (Å²) in [4.78, 5) is 22.6. The molecule has 1 fully saturated rings. The van der Waals surface area contributed by atoms with E-state index in [0.717, 1.165) is 5.75 Å². The minimum atomic E-state index is -0.781. The molecule has 1 heterocycles. The SMILES string of the molecule is C[C@H](N)c1ccccc1.C[C@]1(CSCc2ccccc2)NC(=O)NC1=O. The van der Waals surface area contributed by atoms with E-state index < -0.39 is 11.6 Å². The third-order valence-corrected chi connectivity index (χ3v) is 5.26. The number of amides is 3. The van der Waals surface area contributed by atoms with Crippen molar-refractivity contribution < 1.29 is 9.59 Å². The van der Waals surface area contributed by atoms with Crippen molar-refractivity contribution in [2.75, 3.05) is 5.75 Å². The molecule has 0 aliphatic carbocycles. The second-order valence-electron chi connectivity index (χ2n) is 6.42. The molecule has 3 rings (SSSR count). The molecule has 1 aliphatic rings. The van der Waals surface area contributed by atoms with E-state index in [1.807, 2.05) is 67.6 Å². The van der Waals surface area contributed by atoms with Gasteiger partial charge in [0, 0.05) is 17.5 Å². The number of nitrogens with two attached hydrogens (primary N) is 1. The molecule has 2 aromatic rings. The van der Waals surface area contributed by atoms with E-state index in [2.05, 4.69) is 10.6 Å². The number of carbonyl (C=O) groups excluding carboxylic acids is 2. The summed E-state index contributed by atoms with van der Waals surface area (Å²) in [6.07, 6.45) is 0. The molecule has 0 saturated carbocycles. The number of hydrogen-bond acceptors (Lipinski definition) is 4. The van der Waals surface area contributed by atoms with Gasteiger partial charge in [0.2, 0.25) is 0 Å². The van der Waals surface area contributed by atoms with Gasteiger partial charge < -0.3 is 11.1 Å². The van der Waals surface area contributed by atoms with Crippen LogP contribution in [0.25, 0.3) is 0 Å². The van der Waals surface area contributed by atoms with Gasteiger partial charge in [0.05, 0.1) is 0 Å². The minimum absolute atomic E-state index is 0.159. The normalized spacial score (nSPS) is 19.8. The molecule has 0 aromatic heterocycles. The van der Waals surface area contributed by atoms with Crippen LogP contribution in [0.15, 0.2) is 60.7 Å². The number of hydrogen-bond donors (Lipinski definition) is 3. The lowest BCUT2D eigenvalue weighted by Gasteiger charge is -2.19. The van der Waals surface area contributed by atoms with E-state index in [1.54, 1.807) is 18.7 Å². The minimum Gasteiger partial charge on any atom is -0.324 e. The van der Waals surface area contributed by atoms with Gasteiger partial charge in [0.25, 0.3) is 5.91 Å². The lowest BCUT2D eigenvalue weighted by atomic mass is 10.1. The van der Waals surface area contributed by atoms with Crippen LogP contribution in [0.1, 0.15) is 31.0 Å². The average molecular weight is 372 g/mol. The molecule has 2 aromatic carbocycles. The van der Waals surface area contributed by atoms with Crippen LogP contribution in [0.3, 0.4) is 0 Å². The van der Waals surface area contributed by atoms with Gasteiger partial charge in [-0.3, -0.25) is 10.1 Å². The van der Waals surface area contributed by atoms with E-state index in [1.165, 1.54) is 11.1 Å². The monoisotopic (exact) mass is 371 g/mol. The first-order valence-electron chi connectivity index (χ1n) is 8.46. The predicted octanol–water partition coefficient (Wildman–Crippen LogP) is 3.22. The zero-order valence-electron chi connectivity index (χ0n) is 15.1. The van der Waals surface area contributed by atoms with Crippen LogP contribution in [0, 0.1) is 0 Å². The molecule has 2 atom stereocenters. The highest BCUT2D eigenvalue weighted by Crippen LogP contribution is 2.20. The maximum atomic E-state index is 11.5. The molecule has 4 N–H and O–H groups in total. The summed E-state index contributed by atoms with van der Waals surface area (Å²) >= 11 is 1.63. The number of thioether (sulfide) groups is 1. The van der Waals surface area contributed by atoms with Crippen LogP contribution >= 0.6 is 11.8 Å². The van der Waals surface area contributed by atoms with Crippen molar-refractivity contribution in [3.05, 3.63) is 71.8 Å². The highest BCUT2D eigenvalue weighted by molar-refractivity contribution is 7.98. The average Bonchev–Trinajstić information content (AvgIpc) is 2.89. The van der Waals surface area contributed by atoms with E-state index in [4.69, 9.17) is 5.73 Å². The first-order valence-corrected chi connectivity index (χ1v) is 9.62. The molecular weight excluding hydrogens is 346 g/mol. The number of nitrogens with one attached hydrogen (secondary N) is 2. The van der Waals surface area contributed by atoms with Gasteiger partial charge in [0.15, 0.2) is 0 Å². The number of carbonyl (C=O) groups is 2. The fraction of sp³-hybridized carbons (Fsp3) is 0.300. The van der Waals surface area contributed by atoms with Crippen molar-refractivity contribution in [3.63, 3.8) is 0 Å². The van der Waals surface area contributed by atoms with Gasteiger partial charge in [0.1, 0.15) is 5.54 Å². The predicted molar refractivity (Wildman–Crippen MR) is 107 cm³/mol. The number of benzene rings is 2. The highest BCUT2D eigenvalue weighted by atomic mass is 32.2. The molecule has 138 valence electrons. The zero-order valence-corrected chi connectivity index (χ0v) is 15.9. The van der Waals surface area contributed by atoms with E-state index in [9.17, 15) is 9.59 Å². The van der Waals surface area contributed by atoms with Crippen molar-refractivity contribution in [2.24, 2.45) is 5.73 Å². The largest absolute Gasteiger partial charge is 0.324 e. The summed E-state index contributed by atoms with van der Waals surface area (Å²) in [5.74, 6) is 1.15. The molecule has 0 spiro atoms. The molecule has 5 nitrogen and oxygen atoms in total. The molecule has 0 radical (unpaired) electrons. The Kier molecular flexibility index (Phi) is 7.24. The lowest BCUT2D eigenvalue weighted by molar-refractivity contribution is -0.122. The summed E-state index contributed by atoms with van der Waals surface area (Å²) in [5.41, 5.74) is 7.24. The Labute approximate surface area is 158 Å². The molecule has 1 aliphatic heterocycles. The number of rotatable bonds is 5. The van der Waals surface area contributed by atoms with Gasteiger partial charge in [-0.1, -0.05) is 60.7 Å². The maximum Gasteiger partial charge on any atom is 0.322 e. The van der Waals surface area contributed by atoms with Gasteiger partial charge >= 0.3 is 6.03 Å². The molecule has 26 heavy (non-hydrogen) atoms. The maximum absolute atomic E-state index is 11.5. The van der Waals surface area contributed by atoms with E-state index in [0.29, 0.717) is 5.75 Å². The quantitative estimate of drug-likeness (QED) is 0.705. The topological polar surface area (TPSA) is 84.2 Å². The Hall–Kier alpha value is -2.31. The van der Waals surface area contributed by atoms with Crippen molar-refractivity contribution in [1.29, 1.82) is 0 Å². The Balaban J connectivity index is 0.000000228. The molecule has 6 heteroatoms. The van der Waals surface area contributed by atoms with Crippen molar-refractivity contribution in [3.8, 4) is 0 Å². The molecule has 0 unspecified atom stereocenters. The Morgan fingerprint density at radius 3 is 2.08 bits per heavy atom. The second kappa shape index (κ2) is 9.40. The smallest absolute Gasteiger partial charge is 0.322 e. The summed E-state index contributed by atoms with van der Waals surface area (Å²) in [7, 11) is 0. The zero-order chi connectivity index (χ0) is 19.0. The van der Waals surface area contributed by atoms with Gasteiger partial charge in [-0.05, 0) is 25.0 Å². The summed E-state index contributed by atoms with van der Waals surface area (Å²) < 4.78 is 0. The summed E-state index contributed by atoms with van der Waals surface area (Å²) in [6, 6.07) is 19.8. The van der Waals surface area contributed by atoms with Crippen LogP contribution in [-0.4, -0.2) is 23.2 Å². The van der Waals surface area contributed by atoms with Crippen LogP contribution in [0.5, 0.6) is 0 Å².